The summed E-state index contributed by atoms with van der Waals surface area (Å²) in [5.41, 5.74) is 1.41. The van der Waals surface area contributed by atoms with Crippen LogP contribution in [0.5, 0.6) is 0 Å². The molecule has 0 N–H and O–H groups in total. The number of rotatable bonds is 34. The monoisotopic (exact) mass is 636 g/mol. The molecular weight excluding hydrogens is 556 g/mol. The predicted molar refractivity (Wildman–Crippen MR) is 204 cm³/mol. The highest BCUT2D eigenvalue weighted by Crippen LogP contribution is 2.16. The minimum atomic E-state index is 1.00. The Labute approximate surface area is 288 Å². The van der Waals surface area contributed by atoms with Crippen LogP contribution >= 0.6 is 0 Å². The second kappa shape index (κ2) is 30.7. The first kappa shape index (κ1) is 40.6. The van der Waals surface area contributed by atoms with Crippen LogP contribution in [-0.2, 0) is 19.5 Å². The van der Waals surface area contributed by atoms with Gasteiger partial charge in [-0.3, -0.25) is 0 Å². The largest absolute Gasteiger partial charge is 0.256 e. The zero-order valence-electron chi connectivity index (χ0n) is 31.3. The van der Waals surface area contributed by atoms with Gasteiger partial charge in [0.2, 0.25) is 0 Å². The first-order valence-electron chi connectivity index (χ1n) is 21.0. The van der Waals surface area contributed by atoms with Crippen molar-refractivity contribution in [3.05, 3.63) is 54.1 Å². The van der Waals surface area contributed by atoms with Crippen LogP contribution in [-0.4, -0.2) is 4.57 Å². The van der Waals surface area contributed by atoms with Crippen molar-refractivity contribution in [2.45, 2.75) is 226 Å². The zero-order chi connectivity index (χ0) is 32.6. The number of aryl methyl sites for hydroxylation is 1. The van der Waals surface area contributed by atoms with Crippen LogP contribution in [0.1, 0.15) is 218 Å². The molecule has 0 amide bonds. The standard InChI is InChI=1S/C44H79N2/c1-3-5-7-9-11-13-15-17-18-19-20-22-24-26-28-30-35-39-45-40-41-46(42-43-36-32-31-33-37-43)44(45)38-34-29-27-25-23-21-16-14-12-10-8-6-4-2/h31-33,36-37,40-41H,3-30,34-35,38-39,42H2,1-2H3/q+1. The van der Waals surface area contributed by atoms with Crippen molar-refractivity contribution in [2.75, 3.05) is 0 Å². The first-order chi connectivity index (χ1) is 22.8. The normalized spacial score (nSPS) is 11.5. The van der Waals surface area contributed by atoms with Gasteiger partial charge in [0.1, 0.15) is 18.9 Å². The van der Waals surface area contributed by atoms with Gasteiger partial charge in [-0.05, 0) is 24.8 Å². The molecule has 0 radical (unpaired) electrons. The number of unbranched alkanes of at least 4 members (excludes halogenated alkanes) is 28. The van der Waals surface area contributed by atoms with Crippen molar-refractivity contribution in [2.24, 2.45) is 0 Å². The number of imidazole rings is 1. The van der Waals surface area contributed by atoms with Gasteiger partial charge < -0.3 is 0 Å². The topological polar surface area (TPSA) is 8.81 Å². The maximum absolute atomic E-state index is 2.59. The molecule has 0 atom stereocenters. The van der Waals surface area contributed by atoms with Gasteiger partial charge in [0.25, 0.3) is 5.82 Å². The molecule has 2 nitrogen and oxygen atoms in total. The van der Waals surface area contributed by atoms with Crippen molar-refractivity contribution in [3.8, 4) is 0 Å². The number of hydrogen-bond donors (Lipinski definition) is 0. The smallest absolute Gasteiger partial charge is 0.234 e. The van der Waals surface area contributed by atoms with E-state index in [2.05, 4.69) is 65.7 Å². The van der Waals surface area contributed by atoms with Crippen LogP contribution in [0.2, 0.25) is 0 Å². The molecule has 0 aliphatic heterocycles. The van der Waals surface area contributed by atoms with Gasteiger partial charge in [-0.15, -0.1) is 0 Å². The number of aromatic nitrogens is 2. The Hall–Kier alpha value is -1.57. The Morgan fingerprint density at radius 3 is 1.22 bits per heavy atom. The molecule has 1 aromatic heterocycles. The third-order valence-corrected chi connectivity index (χ3v) is 10.3. The summed E-state index contributed by atoms with van der Waals surface area (Å²) in [5, 5.41) is 0. The Balaban J connectivity index is 1.55. The lowest BCUT2D eigenvalue weighted by atomic mass is 10.0. The van der Waals surface area contributed by atoms with Gasteiger partial charge in [0, 0.05) is 6.42 Å². The lowest BCUT2D eigenvalue weighted by molar-refractivity contribution is -0.704. The summed E-state index contributed by atoms with van der Waals surface area (Å²) in [4.78, 5) is 0. The van der Waals surface area contributed by atoms with Crippen LogP contribution in [0.3, 0.4) is 0 Å². The van der Waals surface area contributed by atoms with E-state index < -0.39 is 0 Å². The fraction of sp³-hybridized carbons (Fsp3) is 0.795. The summed E-state index contributed by atoms with van der Waals surface area (Å²) in [6.07, 6.45) is 48.9. The zero-order valence-corrected chi connectivity index (χ0v) is 31.3. The Bertz CT molecular complexity index is 885. The molecule has 0 fully saturated rings. The summed E-state index contributed by atoms with van der Waals surface area (Å²) >= 11 is 0. The van der Waals surface area contributed by atoms with E-state index in [-0.39, 0.29) is 0 Å². The second-order valence-electron chi connectivity index (χ2n) is 14.7. The molecule has 0 aliphatic carbocycles. The number of hydrogen-bond acceptors (Lipinski definition) is 0. The van der Waals surface area contributed by atoms with E-state index in [9.17, 15) is 0 Å². The molecule has 2 rings (SSSR count). The highest BCUT2D eigenvalue weighted by atomic mass is 15.1. The molecule has 0 saturated carbocycles. The van der Waals surface area contributed by atoms with Crippen LogP contribution in [0.25, 0.3) is 0 Å². The fourth-order valence-corrected chi connectivity index (χ4v) is 7.22. The maximum Gasteiger partial charge on any atom is 0.256 e. The molecule has 0 bridgehead atoms. The van der Waals surface area contributed by atoms with Crippen molar-refractivity contribution in [3.63, 3.8) is 0 Å². The average molecular weight is 636 g/mol. The molecular formula is C44H79N2+. The minimum absolute atomic E-state index is 1.00. The van der Waals surface area contributed by atoms with Crippen LogP contribution in [0.15, 0.2) is 42.7 Å². The van der Waals surface area contributed by atoms with Crippen molar-refractivity contribution in [1.29, 1.82) is 0 Å². The predicted octanol–water partition coefficient (Wildman–Crippen LogP) is 14.1. The summed E-state index contributed by atoms with van der Waals surface area (Å²) < 4.78 is 5.12. The molecule has 46 heavy (non-hydrogen) atoms. The summed E-state index contributed by atoms with van der Waals surface area (Å²) in [7, 11) is 0. The van der Waals surface area contributed by atoms with E-state index in [1.165, 1.54) is 211 Å². The summed E-state index contributed by atoms with van der Waals surface area (Å²) in [6.45, 7) is 6.81. The number of nitrogens with zero attached hydrogens (tertiary/aromatic N) is 2. The molecule has 0 aliphatic rings. The van der Waals surface area contributed by atoms with E-state index in [0.717, 1.165) is 6.54 Å². The van der Waals surface area contributed by atoms with Gasteiger partial charge in [-0.2, -0.15) is 0 Å². The second-order valence-corrected chi connectivity index (χ2v) is 14.7. The lowest BCUT2D eigenvalue weighted by Crippen LogP contribution is -2.37. The van der Waals surface area contributed by atoms with E-state index >= 15 is 0 Å². The molecule has 2 aromatic rings. The third-order valence-electron chi connectivity index (χ3n) is 10.3. The summed E-state index contributed by atoms with van der Waals surface area (Å²) in [5.74, 6) is 1.54. The maximum atomic E-state index is 2.59. The molecule has 1 heterocycles. The van der Waals surface area contributed by atoms with Crippen LogP contribution < -0.4 is 4.57 Å². The van der Waals surface area contributed by atoms with Crippen LogP contribution in [0.4, 0.5) is 0 Å². The molecule has 1 aromatic carbocycles. The Morgan fingerprint density at radius 1 is 0.435 bits per heavy atom. The van der Waals surface area contributed by atoms with Gasteiger partial charge in [-0.25, -0.2) is 9.13 Å². The van der Waals surface area contributed by atoms with Crippen LogP contribution in [0, 0.1) is 0 Å². The first-order valence-corrected chi connectivity index (χ1v) is 21.0. The average Bonchev–Trinajstić information content (AvgIpc) is 3.45. The minimum Gasteiger partial charge on any atom is -0.234 e. The van der Waals surface area contributed by atoms with Crippen molar-refractivity contribution >= 4 is 0 Å². The Morgan fingerprint density at radius 2 is 0.804 bits per heavy atom. The molecule has 264 valence electrons. The van der Waals surface area contributed by atoms with Gasteiger partial charge in [-0.1, -0.05) is 218 Å². The fourth-order valence-electron chi connectivity index (χ4n) is 7.22. The van der Waals surface area contributed by atoms with E-state index in [1.807, 2.05) is 0 Å². The molecule has 0 unspecified atom stereocenters. The SMILES string of the molecule is CCCCCCCCCCCCCCCCCCC[n+]1ccn(Cc2ccccc2)c1CCCCCCCCCCCCCCC. The van der Waals surface area contributed by atoms with E-state index in [1.54, 1.807) is 5.82 Å². The van der Waals surface area contributed by atoms with E-state index in [4.69, 9.17) is 0 Å². The van der Waals surface area contributed by atoms with Gasteiger partial charge in [0.05, 0.1) is 6.54 Å². The molecule has 0 saturated heterocycles. The quantitative estimate of drug-likeness (QED) is 0.0534. The van der Waals surface area contributed by atoms with Gasteiger partial charge >= 0.3 is 0 Å². The highest BCUT2D eigenvalue weighted by molar-refractivity contribution is 5.15. The van der Waals surface area contributed by atoms with Crippen molar-refractivity contribution in [1.82, 2.24) is 4.57 Å². The van der Waals surface area contributed by atoms with E-state index in [0.29, 0.717) is 0 Å². The third kappa shape index (κ3) is 22.1. The van der Waals surface area contributed by atoms with Crippen molar-refractivity contribution < 1.29 is 4.57 Å². The van der Waals surface area contributed by atoms with Gasteiger partial charge in [0.15, 0.2) is 0 Å². The lowest BCUT2D eigenvalue weighted by Gasteiger charge is -2.07. The molecule has 2 heteroatoms. The molecule has 0 spiro atoms. The highest BCUT2D eigenvalue weighted by Gasteiger charge is 2.17. The Kier molecular flexibility index (Phi) is 27.1. The number of benzene rings is 1. The summed E-state index contributed by atoms with van der Waals surface area (Å²) in [6, 6.07) is 11.0.